The minimum absolute atomic E-state index is 0.156. The topological polar surface area (TPSA) is 55.5 Å². The Kier molecular flexibility index (Phi) is 4.42. The third-order valence-corrected chi connectivity index (χ3v) is 3.14. The maximum absolute atomic E-state index is 9.81. The van der Waals surface area contributed by atoms with Gasteiger partial charge in [0.15, 0.2) is 11.5 Å². The van der Waals surface area contributed by atoms with Gasteiger partial charge in [0.2, 0.25) is 0 Å². The summed E-state index contributed by atoms with van der Waals surface area (Å²) in [5, 5.41) is 9.81. The van der Waals surface area contributed by atoms with Gasteiger partial charge in [0.1, 0.15) is 6.61 Å². The first-order valence-electron chi connectivity index (χ1n) is 6.40. The van der Waals surface area contributed by atoms with Gasteiger partial charge in [-0.3, -0.25) is 0 Å². The number of phenolic OH excluding ortho intramolecular Hbond substituents is 1. The quantitative estimate of drug-likeness (QED) is 0.865. The first kappa shape index (κ1) is 13.4. The first-order valence-corrected chi connectivity index (χ1v) is 6.40. The minimum atomic E-state index is 0.156. The van der Waals surface area contributed by atoms with Gasteiger partial charge < -0.3 is 15.6 Å². The predicted molar refractivity (Wildman–Crippen MR) is 76.4 cm³/mol. The molecule has 2 aromatic carbocycles. The fraction of sp³-hybridized carbons (Fsp3) is 0.250. The van der Waals surface area contributed by atoms with Gasteiger partial charge in [-0.25, -0.2) is 0 Å². The molecule has 1 atom stereocenters. The van der Waals surface area contributed by atoms with Crippen LogP contribution in [-0.2, 0) is 6.61 Å². The number of aromatic hydroxyl groups is 1. The molecule has 3 heteroatoms. The summed E-state index contributed by atoms with van der Waals surface area (Å²) in [6.45, 7) is 3.06. The number of benzene rings is 2. The molecule has 1 unspecified atom stereocenters. The lowest BCUT2D eigenvalue weighted by Crippen LogP contribution is -2.09. The van der Waals surface area contributed by atoms with Crippen molar-refractivity contribution in [2.75, 3.05) is 6.54 Å². The molecule has 0 spiro atoms. The van der Waals surface area contributed by atoms with E-state index in [-0.39, 0.29) is 11.7 Å². The summed E-state index contributed by atoms with van der Waals surface area (Å²) in [6.07, 6.45) is 0. The smallest absolute Gasteiger partial charge is 0.161 e. The second-order valence-corrected chi connectivity index (χ2v) is 4.64. The molecule has 0 heterocycles. The number of ether oxygens (including phenoxy) is 1. The SMILES string of the molecule is CC(CN)c1ccc(O)c(OCc2ccccc2)c1. The van der Waals surface area contributed by atoms with Crippen molar-refractivity contribution in [1.82, 2.24) is 0 Å². The van der Waals surface area contributed by atoms with Crippen LogP contribution in [0.5, 0.6) is 11.5 Å². The van der Waals surface area contributed by atoms with Gasteiger partial charge >= 0.3 is 0 Å². The summed E-state index contributed by atoms with van der Waals surface area (Å²) in [4.78, 5) is 0. The van der Waals surface area contributed by atoms with Crippen molar-refractivity contribution in [3.8, 4) is 11.5 Å². The molecule has 3 nitrogen and oxygen atoms in total. The molecule has 2 rings (SSSR count). The van der Waals surface area contributed by atoms with Crippen LogP contribution in [0.4, 0.5) is 0 Å². The molecule has 0 aliphatic carbocycles. The van der Waals surface area contributed by atoms with Crippen LogP contribution in [0, 0.1) is 0 Å². The highest BCUT2D eigenvalue weighted by molar-refractivity contribution is 5.43. The van der Waals surface area contributed by atoms with E-state index in [4.69, 9.17) is 10.5 Å². The Morgan fingerprint density at radius 3 is 2.58 bits per heavy atom. The zero-order valence-corrected chi connectivity index (χ0v) is 11.0. The Morgan fingerprint density at radius 2 is 1.89 bits per heavy atom. The minimum Gasteiger partial charge on any atom is -0.504 e. The summed E-state index contributed by atoms with van der Waals surface area (Å²) in [7, 11) is 0. The zero-order chi connectivity index (χ0) is 13.7. The van der Waals surface area contributed by atoms with E-state index in [0.717, 1.165) is 11.1 Å². The van der Waals surface area contributed by atoms with Crippen LogP contribution in [0.1, 0.15) is 24.0 Å². The van der Waals surface area contributed by atoms with E-state index in [1.54, 1.807) is 6.07 Å². The van der Waals surface area contributed by atoms with Crippen LogP contribution < -0.4 is 10.5 Å². The Balaban J connectivity index is 2.11. The summed E-state index contributed by atoms with van der Waals surface area (Å²) in [5.74, 6) is 0.908. The van der Waals surface area contributed by atoms with E-state index < -0.39 is 0 Å². The molecule has 0 saturated carbocycles. The van der Waals surface area contributed by atoms with Crippen molar-refractivity contribution in [2.24, 2.45) is 5.73 Å². The highest BCUT2D eigenvalue weighted by atomic mass is 16.5. The lowest BCUT2D eigenvalue weighted by atomic mass is 10.0. The summed E-state index contributed by atoms with van der Waals surface area (Å²) in [6, 6.07) is 15.3. The number of rotatable bonds is 5. The van der Waals surface area contributed by atoms with Crippen LogP contribution >= 0.6 is 0 Å². The van der Waals surface area contributed by atoms with Crippen molar-refractivity contribution < 1.29 is 9.84 Å². The third-order valence-electron chi connectivity index (χ3n) is 3.14. The molecule has 0 radical (unpaired) electrons. The molecule has 2 aromatic rings. The van der Waals surface area contributed by atoms with Gasteiger partial charge in [-0.15, -0.1) is 0 Å². The van der Waals surface area contributed by atoms with E-state index in [9.17, 15) is 5.11 Å². The van der Waals surface area contributed by atoms with Crippen LogP contribution in [0.25, 0.3) is 0 Å². The molecule has 0 fully saturated rings. The standard InChI is InChI=1S/C16H19NO2/c1-12(10-17)14-7-8-15(18)16(9-14)19-11-13-5-3-2-4-6-13/h2-9,12,18H,10-11,17H2,1H3. The Hall–Kier alpha value is -2.00. The van der Waals surface area contributed by atoms with E-state index in [2.05, 4.69) is 0 Å². The Morgan fingerprint density at radius 1 is 1.16 bits per heavy atom. The molecule has 0 saturated heterocycles. The van der Waals surface area contributed by atoms with Gasteiger partial charge in [0.05, 0.1) is 0 Å². The molecular weight excluding hydrogens is 238 g/mol. The van der Waals surface area contributed by atoms with E-state index in [1.807, 2.05) is 49.4 Å². The molecule has 3 N–H and O–H groups in total. The monoisotopic (exact) mass is 257 g/mol. The Bertz CT molecular complexity index is 526. The molecular formula is C16H19NO2. The van der Waals surface area contributed by atoms with Crippen molar-refractivity contribution >= 4 is 0 Å². The molecule has 0 aromatic heterocycles. The van der Waals surface area contributed by atoms with Gasteiger partial charge in [0.25, 0.3) is 0 Å². The summed E-state index contributed by atoms with van der Waals surface area (Å²) < 4.78 is 5.67. The second kappa shape index (κ2) is 6.25. The summed E-state index contributed by atoms with van der Waals surface area (Å²) in [5.41, 5.74) is 7.80. The average molecular weight is 257 g/mol. The van der Waals surface area contributed by atoms with Gasteiger partial charge in [-0.05, 0) is 35.7 Å². The number of hydrogen-bond acceptors (Lipinski definition) is 3. The van der Waals surface area contributed by atoms with E-state index in [0.29, 0.717) is 18.9 Å². The predicted octanol–water partition coefficient (Wildman–Crippen LogP) is 3.03. The highest BCUT2D eigenvalue weighted by Gasteiger charge is 2.08. The Labute approximate surface area is 113 Å². The van der Waals surface area contributed by atoms with Gasteiger partial charge in [-0.2, -0.15) is 0 Å². The number of phenols is 1. The molecule has 0 amide bonds. The van der Waals surface area contributed by atoms with Crippen LogP contribution in [0.3, 0.4) is 0 Å². The van der Waals surface area contributed by atoms with Crippen molar-refractivity contribution in [3.63, 3.8) is 0 Å². The van der Waals surface area contributed by atoms with Gasteiger partial charge in [0, 0.05) is 0 Å². The maximum atomic E-state index is 9.81. The summed E-state index contributed by atoms with van der Waals surface area (Å²) >= 11 is 0. The highest BCUT2D eigenvalue weighted by Crippen LogP contribution is 2.30. The van der Waals surface area contributed by atoms with E-state index >= 15 is 0 Å². The normalized spacial score (nSPS) is 12.1. The second-order valence-electron chi connectivity index (χ2n) is 4.64. The fourth-order valence-corrected chi connectivity index (χ4v) is 1.82. The lowest BCUT2D eigenvalue weighted by Gasteiger charge is -2.13. The average Bonchev–Trinajstić information content (AvgIpc) is 2.46. The van der Waals surface area contributed by atoms with Gasteiger partial charge in [-0.1, -0.05) is 43.3 Å². The molecule has 0 bridgehead atoms. The molecule has 19 heavy (non-hydrogen) atoms. The van der Waals surface area contributed by atoms with Crippen LogP contribution in [0.2, 0.25) is 0 Å². The fourth-order valence-electron chi connectivity index (χ4n) is 1.82. The van der Waals surface area contributed by atoms with E-state index in [1.165, 1.54) is 0 Å². The lowest BCUT2D eigenvalue weighted by molar-refractivity contribution is 0.288. The largest absolute Gasteiger partial charge is 0.504 e. The number of nitrogens with two attached hydrogens (primary N) is 1. The van der Waals surface area contributed by atoms with Crippen molar-refractivity contribution in [3.05, 3.63) is 59.7 Å². The maximum Gasteiger partial charge on any atom is 0.161 e. The molecule has 0 aliphatic rings. The van der Waals surface area contributed by atoms with Crippen LogP contribution in [0.15, 0.2) is 48.5 Å². The van der Waals surface area contributed by atoms with Crippen molar-refractivity contribution in [2.45, 2.75) is 19.4 Å². The third kappa shape index (κ3) is 3.48. The van der Waals surface area contributed by atoms with Crippen LogP contribution in [-0.4, -0.2) is 11.7 Å². The molecule has 0 aliphatic heterocycles. The molecule has 100 valence electrons. The zero-order valence-electron chi connectivity index (χ0n) is 11.0. The van der Waals surface area contributed by atoms with Crippen molar-refractivity contribution in [1.29, 1.82) is 0 Å². The number of hydrogen-bond donors (Lipinski definition) is 2. The first-order chi connectivity index (χ1) is 9.20.